The Labute approximate surface area is 171 Å². The third-order valence-electron chi connectivity index (χ3n) is 4.15. The van der Waals surface area contributed by atoms with Gasteiger partial charge in [0, 0.05) is 12.6 Å². The summed E-state index contributed by atoms with van der Waals surface area (Å²) in [5.74, 6) is -0.422. The van der Waals surface area contributed by atoms with E-state index >= 15 is 0 Å². The van der Waals surface area contributed by atoms with Gasteiger partial charge in [0.1, 0.15) is 0 Å². The second kappa shape index (κ2) is 9.52. The summed E-state index contributed by atoms with van der Waals surface area (Å²) in [5, 5.41) is 3.06. The molecular formula is C20H26ClN3O3S. The fourth-order valence-corrected chi connectivity index (χ4v) is 4.26. The van der Waals surface area contributed by atoms with Crippen LogP contribution in [0.15, 0.2) is 53.4 Å². The molecule has 2 aromatic carbocycles. The largest absolute Gasteiger partial charge is 0.350 e. The summed E-state index contributed by atoms with van der Waals surface area (Å²) in [4.78, 5) is 14.7. The van der Waals surface area contributed by atoms with E-state index in [1.807, 2.05) is 49.3 Å². The fraction of sp³-hybridized carbons (Fsp3) is 0.350. The van der Waals surface area contributed by atoms with E-state index in [9.17, 15) is 13.2 Å². The number of hydrogen-bond donors (Lipinski definition) is 2. The van der Waals surface area contributed by atoms with Crippen molar-refractivity contribution in [2.24, 2.45) is 0 Å². The van der Waals surface area contributed by atoms with Crippen LogP contribution in [0.1, 0.15) is 35.8 Å². The van der Waals surface area contributed by atoms with E-state index in [4.69, 9.17) is 11.6 Å². The minimum Gasteiger partial charge on any atom is -0.350 e. The van der Waals surface area contributed by atoms with Gasteiger partial charge in [-0.1, -0.05) is 41.9 Å². The molecule has 8 heteroatoms. The number of carbonyl (C=O) groups excluding carboxylic acids is 1. The molecule has 0 saturated carbocycles. The molecule has 0 spiro atoms. The van der Waals surface area contributed by atoms with Gasteiger partial charge in [0.2, 0.25) is 10.0 Å². The molecule has 1 atom stereocenters. The molecule has 0 aliphatic carbocycles. The van der Waals surface area contributed by atoms with Crippen molar-refractivity contribution >= 4 is 27.5 Å². The minimum absolute atomic E-state index is 0.00275. The number of rotatable bonds is 8. The quantitative estimate of drug-likeness (QED) is 0.684. The summed E-state index contributed by atoms with van der Waals surface area (Å²) < 4.78 is 27.3. The molecule has 0 heterocycles. The van der Waals surface area contributed by atoms with Gasteiger partial charge in [-0.3, -0.25) is 4.79 Å². The van der Waals surface area contributed by atoms with Crippen LogP contribution < -0.4 is 10.0 Å². The highest BCUT2D eigenvalue weighted by Gasteiger charge is 2.21. The highest BCUT2D eigenvalue weighted by molar-refractivity contribution is 7.89. The smallest absolute Gasteiger partial charge is 0.252 e. The number of nitrogens with zero attached hydrogens (tertiary/aromatic N) is 1. The highest BCUT2D eigenvalue weighted by Crippen LogP contribution is 2.22. The Balaban J connectivity index is 2.21. The molecule has 0 aliphatic rings. The molecule has 0 aliphatic heterocycles. The Hall–Kier alpha value is -1.93. The van der Waals surface area contributed by atoms with Crippen molar-refractivity contribution in [2.45, 2.75) is 30.8 Å². The summed E-state index contributed by atoms with van der Waals surface area (Å²) in [6, 6.07) is 13.6. The van der Waals surface area contributed by atoms with Crippen LogP contribution in [0.2, 0.25) is 5.02 Å². The first kappa shape index (κ1) is 22.4. The summed E-state index contributed by atoms with van der Waals surface area (Å²) in [6.45, 7) is 3.81. The Morgan fingerprint density at radius 2 is 1.75 bits per heavy atom. The van der Waals surface area contributed by atoms with Crippen molar-refractivity contribution in [3.8, 4) is 0 Å². The van der Waals surface area contributed by atoms with E-state index in [1.165, 1.54) is 18.2 Å². The van der Waals surface area contributed by atoms with Crippen LogP contribution in [-0.4, -0.2) is 45.9 Å². The number of hydrogen-bond acceptors (Lipinski definition) is 4. The second-order valence-corrected chi connectivity index (χ2v) is 9.14. The Morgan fingerprint density at radius 1 is 1.11 bits per heavy atom. The molecule has 2 rings (SSSR count). The lowest BCUT2D eigenvalue weighted by Gasteiger charge is -2.25. The molecule has 0 aromatic heterocycles. The summed E-state index contributed by atoms with van der Waals surface area (Å²) in [7, 11) is 0.147. The Morgan fingerprint density at radius 3 is 2.32 bits per heavy atom. The Bertz CT molecular complexity index is 916. The first-order chi connectivity index (χ1) is 13.1. The van der Waals surface area contributed by atoms with Gasteiger partial charge in [0.25, 0.3) is 5.91 Å². The zero-order valence-electron chi connectivity index (χ0n) is 16.4. The van der Waals surface area contributed by atoms with Crippen LogP contribution in [0.4, 0.5) is 0 Å². The number of likely N-dealkylation sites (N-methyl/N-ethyl adjacent to an activating group) is 1. The summed E-state index contributed by atoms with van der Waals surface area (Å²) >= 11 is 6.16. The topological polar surface area (TPSA) is 78.5 Å². The zero-order valence-corrected chi connectivity index (χ0v) is 18.0. The number of amides is 1. The van der Waals surface area contributed by atoms with Gasteiger partial charge >= 0.3 is 0 Å². The minimum atomic E-state index is -3.72. The molecule has 152 valence electrons. The molecule has 28 heavy (non-hydrogen) atoms. The van der Waals surface area contributed by atoms with Crippen LogP contribution in [0.5, 0.6) is 0 Å². The van der Waals surface area contributed by atoms with E-state index in [0.29, 0.717) is 6.54 Å². The van der Waals surface area contributed by atoms with E-state index in [-0.39, 0.29) is 27.6 Å². The predicted octanol–water partition coefficient (Wildman–Crippen LogP) is 3.06. The molecule has 2 N–H and O–H groups in total. The van der Waals surface area contributed by atoms with Crippen LogP contribution in [0.25, 0.3) is 0 Å². The van der Waals surface area contributed by atoms with Crippen molar-refractivity contribution in [2.75, 3.05) is 20.6 Å². The number of benzene rings is 2. The van der Waals surface area contributed by atoms with Gasteiger partial charge < -0.3 is 10.2 Å². The fourth-order valence-electron chi connectivity index (χ4n) is 2.78. The number of sulfonamides is 1. The first-order valence-electron chi connectivity index (χ1n) is 8.93. The maximum absolute atomic E-state index is 12.7. The molecule has 0 saturated heterocycles. The number of nitrogens with one attached hydrogen (secondary N) is 2. The molecular weight excluding hydrogens is 398 g/mol. The standard InChI is InChI=1S/C20H26ClN3O3S/c1-14(2)23-28(26,27)16-10-11-18(21)17(12-16)20(25)22-13-19(24(3)4)15-8-6-5-7-9-15/h5-12,14,19,23H,13H2,1-4H3,(H,22,25)/t19-/m0/s1. The molecule has 0 radical (unpaired) electrons. The van der Waals surface area contributed by atoms with Crippen molar-refractivity contribution in [3.63, 3.8) is 0 Å². The van der Waals surface area contributed by atoms with E-state index in [1.54, 1.807) is 13.8 Å². The molecule has 0 fully saturated rings. The lowest BCUT2D eigenvalue weighted by Crippen LogP contribution is -2.35. The average Bonchev–Trinajstić information content (AvgIpc) is 2.61. The molecule has 1 amide bonds. The number of halogens is 1. The molecule has 2 aromatic rings. The zero-order chi connectivity index (χ0) is 20.9. The van der Waals surface area contributed by atoms with Crippen molar-refractivity contribution < 1.29 is 13.2 Å². The molecule has 0 unspecified atom stereocenters. The second-order valence-electron chi connectivity index (χ2n) is 7.02. The predicted molar refractivity (Wildman–Crippen MR) is 112 cm³/mol. The maximum atomic E-state index is 12.7. The maximum Gasteiger partial charge on any atom is 0.252 e. The van der Waals surface area contributed by atoms with Crippen molar-refractivity contribution in [1.82, 2.24) is 14.9 Å². The highest BCUT2D eigenvalue weighted by atomic mass is 35.5. The normalized spacial score (nSPS) is 13.0. The van der Waals surface area contributed by atoms with Gasteiger partial charge in [-0.05, 0) is 51.7 Å². The first-order valence-corrected chi connectivity index (χ1v) is 10.8. The monoisotopic (exact) mass is 423 g/mol. The van der Waals surface area contributed by atoms with Crippen molar-refractivity contribution in [3.05, 3.63) is 64.7 Å². The van der Waals surface area contributed by atoms with Gasteiger partial charge in [-0.15, -0.1) is 0 Å². The van der Waals surface area contributed by atoms with Crippen LogP contribution in [0.3, 0.4) is 0 Å². The van der Waals surface area contributed by atoms with Gasteiger partial charge in [0.05, 0.1) is 21.5 Å². The van der Waals surface area contributed by atoms with Gasteiger partial charge in [-0.25, -0.2) is 13.1 Å². The molecule has 0 bridgehead atoms. The van der Waals surface area contributed by atoms with E-state index in [2.05, 4.69) is 10.0 Å². The average molecular weight is 424 g/mol. The van der Waals surface area contributed by atoms with Gasteiger partial charge in [0.15, 0.2) is 0 Å². The van der Waals surface area contributed by atoms with E-state index in [0.717, 1.165) is 5.56 Å². The van der Waals surface area contributed by atoms with Crippen LogP contribution in [0, 0.1) is 0 Å². The van der Waals surface area contributed by atoms with E-state index < -0.39 is 15.9 Å². The van der Waals surface area contributed by atoms with Crippen LogP contribution >= 0.6 is 11.6 Å². The molecule has 6 nitrogen and oxygen atoms in total. The van der Waals surface area contributed by atoms with Gasteiger partial charge in [-0.2, -0.15) is 0 Å². The lowest BCUT2D eigenvalue weighted by atomic mass is 10.1. The third kappa shape index (κ3) is 5.78. The summed E-state index contributed by atoms with van der Waals surface area (Å²) in [6.07, 6.45) is 0. The SMILES string of the molecule is CC(C)NS(=O)(=O)c1ccc(Cl)c(C(=O)NC[C@@H](c2ccccc2)N(C)C)c1. The lowest BCUT2D eigenvalue weighted by molar-refractivity contribution is 0.0942. The van der Waals surface area contributed by atoms with Crippen LogP contribution in [-0.2, 0) is 10.0 Å². The third-order valence-corrected chi connectivity index (χ3v) is 6.13. The van der Waals surface area contributed by atoms with Crippen molar-refractivity contribution in [1.29, 1.82) is 0 Å². The number of carbonyl (C=O) groups is 1. The summed E-state index contributed by atoms with van der Waals surface area (Å²) in [5.41, 5.74) is 1.19. The Kier molecular flexibility index (Phi) is 7.60.